The standard InChI is InChI=1S/C15H13FO3/c1-2-19-14-8-5-11(9-13(14)15(17)18)10-3-6-12(16)7-4-10/h3-9H,2H2,1H3,(H,17,18). The molecule has 0 amide bonds. The predicted octanol–water partition coefficient (Wildman–Crippen LogP) is 3.59. The molecule has 0 bridgehead atoms. The number of aromatic carboxylic acids is 1. The second kappa shape index (κ2) is 5.52. The van der Waals surface area contributed by atoms with E-state index in [1.54, 1.807) is 31.2 Å². The number of carboxylic acids is 1. The average Bonchev–Trinajstić information content (AvgIpc) is 2.40. The first-order chi connectivity index (χ1) is 9.11. The van der Waals surface area contributed by atoms with E-state index in [1.807, 2.05) is 0 Å². The minimum atomic E-state index is -1.05. The van der Waals surface area contributed by atoms with E-state index in [1.165, 1.54) is 18.2 Å². The lowest BCUT2D eigenvalue weighted by atomic mass is 10.0. The molecule has 19 heavy (non-hydrogen) atoms. The van der Waals surface area contributed by atoms with Gasteiger partial charge in [0, 0.05) is 0 Å². The highest BCUT2D eigenvalue weighted by molar-refractivity contribution is 5.92. The van der Waals surface area contributed by atoms with E-state index >= 15 is 0 Å². The van der Waals surface area contributed by atoms with Crippen molar-refractivity contribution in [2.75, 3.05) is 6.61 Å². The van der Waals surface area contributed by atoms with Gasteiger partial charge in [0.2, 0.25) is 0 Å². The van der Waals surface area contributed by atoms with Crippen LogP contribution >= 0.6 is 0 Å². The zero-order chi connectivity index (χ0) is 13.8. The summed E-state index contributed by atoms with van der Waals surface area (Å²) in [5.74, 6) is -1.04. The molecular formula is C15H13FO3. The summed E-state index contributed by atoms with van der Waals surface area (Å²) in [4.78, 5) is 11.2. The number of rotatable bonds is 4. The van der Waals surface area contributed by atoms with Gasteiger partial charge in [-0.15, -0.1) is 0 Å². The molecule has 0 fully saturated rings. The van der Waals surface area contributed by atoms with Crippen molar-refractivity contribution in [1.29, 1.82) is 0 Å². The topological polar surface area (TPSA) is 46.5 Å². The third-order valence-corrected chi connectivity index (χ3v) is 2.69. The second-order valence-electron chi connectivity index (χ2n) is 3.96. The van der Waals surface area contributed by atoms with Crippen LogP contribution in [0, 0.1) is 5.82 Å². The van der Waals surface area contributed by atoms with E-state index in [0.29, 0.717) is 17.9 Å². The van der Waals surface area contributed by atoms with Crippen LogP contribution in [0.1, 0.15) is 17.3 Å². The van der Waals surface area contributed by atoms with Gasteiger partial charge in [-0.3, -0.25) is 0 Å². The summed E-state index contributed by atoms with van der Waals surface area (Å²) in [7, 11) is 0. The molecule has 0 aliphatic rings. The Balaban J connectivity index is 2.45. The highest BCUT2D eigenvalue weighted by Crippen LogP contribution is 2.27. The van der Waals surface area contributed by atoms with Crippen molar-refractivity contribution in [2.45, 2.75) is 6.92 Å². The van der Waals surface area contributed by atoms with Gasteiger partial charge in [-0.1, -0.05) is 18.2 Å². The van der Waals surface area contributed by atoms with E-state index in [2.05, 4.69) is 0 Å². The Labute approximate surface area is 110 Å². The van der Waals surface area contributed by atoms with Crippen LogP contribution in [0.25, 0.3) is 11.1 Å². The highest BCUT2D eigenvalue weighted by atomic mass is 19.1. The molecule has 0 aliphatic carbocycles. The molecule has 3 nitrogen and oxygen atoms in total. The lowest BCUT2D eigenvalue weighted by Crippen LogP contribution is -2.03. The van der Waals surface area contributed by atoms with E-state index in [9.17, 15) is 9.18 Å². The Hall–Kier alpha value is -2.36. The van der Waals surface area contributed by atoms with E-state index in [4.69, 9.17) is 9.84 Å². The molecule has 0 unspecified atom stereocenters. The fraction of sp³-hybridized carbons (Fsp3) is 0.133. The van der Waals surface area contributed by atoms with Crippen LogP contribution in [0.4, 0.5) is 4.39 Å². The van der Waals surface area contributed by atoms with E-state index in [0.717, 1.165) is 5.56 Å². The molecule has 0 saturated heterocycles. The van der Waals surface area contributed by atoms with Crippen LogP contribution in [0.5, 0.6) is 5.75 Å². The largest absolute Gasteiger partial charge is 0.493 e. The molecule has 0 spiro atoms. The maximum absolute atomic E-state index is 12.9. The average molecular weight is 260 g/mol. The molecule has 2 rings (SSSR count). The molecule has 1 N–H and O–H groups in total. The SMILES string of the molecule is CCOc1ccc(-c2ccc(F)cc2)cc1C(=O)O. The van der Waals surface area contributed by atoms with Crippen LogP contribution in [0.15, 0.2) is 42.5 Å². The smallest absolute Gasteiger partial charge is 0.339 e. The normalized spacial score (nSPS) is 10.2. The van der Waals surface area contributed by atoms with E-state index < -0.39 is 5.97 Å². The number of benzene rings is 2. The molecule has 0 heterocycles. The number of carboxylic acid groups (broad SMARTS) is 1. The Morgan fingerprint density at radius 1 is 1.16 bits per heavy atom. The van der Waals surface area contributed by atoms with Gasteiger partial charge < -0.3 is 9.84 Å². The monoisotopic (exact) mass is 260 g/mol. The lowest BCUT2D eigenvalue weighted by molar-refractivity contribution is 0.0692. The number of hydrogen-bond donors (Lipinski definition) is 1. The van der Waals surface area contributed by atoms with Gasteiger partial charge in [0.15, 0.2) is 0 Å². The molecule has 0 aromatic heterocycles. The molecule has 4 heteroatoms. The first-order valence-corrected chi connectivity index (χ1v) is 5.88. The summed E-state index contributed by atoms with van der Waals surface area (Å²) in [6.45, 7) is 2.19. The molecule has 98 valence electrons. The summed E-state index contributed by atoms with van der Waals surface area (Å²) in [5, 5.41) is 9.17. The van der Waals surface area contributed by atoms with Gasteiger partial charge in [0.05, 0.1) is 6.61 Å². The van der Waals surface area contributed by atoms with Crippen molar-refractivity contribution in [3.63, 3.8) is 0 Å². The minimum absolute atomic E-state index is 0.101. The zero-order valence-corrected chi connectivity index (χ0v) is 10.4. The maximum atomic E-state index is 12.9. The highest BCUT2D eigenvalue weighted by Gasteiger charge is 2.12. The van der Waals surface area contributed by atoms with Crippen molar-refractivity contribution < 1.29 is 19.0 Å². The number of ether oxygens (including phenoxy) is 1. The van der Waals surface area contributed by atoms with E-state index in [-0.39, 0.29) is 11.4 Å². The quantitative estimate of drug-likeness (QED) is 0.913. The summed E-state index contributed by atoms with van der Waals surface area (Å²) < 4.78 is 18.1. The van der Waals surface area contributed by atoms with Crippen LogP contribution in [0.3, 0.4) is 0 Å². The van der Waals surface area contributed by atoms with Gasteiger partial charge in [0.1, 0.15) is 17.1 Å². The zero-order valence-electron chi connectivity index (χ0n) is 10.4. The molecule has 0 radical (unpaired) electrons. The van der Waals surface area contributed by atoms with Crippen molar-refractivity contribution in [3.05, 3.63) is 53.8 Å². The molecule has 0 atom stereocenters. The Kier molecular flexibility index (Phi) is 3.80. The van der Waals surface area contributed by atoms with Crippen molar-refractivity contribution in [1.82, 2.24) is 0 Å². The molecule has 2 aromatic rings. The first-order valence-electron chi connectivity index (χ1n) is 5.88. The third kappa shape index (κ3) is 2.91. The fourth-order valence-electron chi connectivity index (χ4n) is 1.80. The molecule has 0 aliphatic heterocycles. The summed E-state index contributed by atoms with van der Waals surface area (Å²) >= 11 is 0. The van der Waals surface area contributed by atoms with Crippen molar-refractivity contribution in [3.8, 4) is 16.9 Å². The third-order valence-electron chi connectivity index (χ3n) is 2.69. The number of halogens is 1. The maximum Gasteiger partial charge on any atom is 0.339 e. The molecule has 2 aromatic carbocycles. The van der Waals surface area contributed by atoms with Gasteiger partial charge in [0.25, 0.3) is 0 Å². The van der Waals surface area contributed by atoms with Gasteiger partial charge in [-0.2, -0.15) is 0 Å². The Bertz CT molecular complexity index is 591. The van der Waals surface area contributed by atoms with Gasteiger partial charge in [-0.25, -0.2) is 9.18 Å². The predicted molar refractivity (Wildman–Crippen MR) is 70.0 cm³/mol. The first kappa shape index (κ1) is 13.1. The van der Waals surface area contributed by atoms with Crippen LogP contribution in [-0.4, -0.2) is 17.7 Å². The number of hydrogen-bond acceptors (Lipinski definition) is 2. The second-order valence-corrected chi connectivity index (χ2v) is 3.96. The van der Waals surface area contributed by atoms with Crippen LogP contribution < -0.4 is 4.74 Å². The number of carbonyl (C=O) groups is 1. The summed E-state index contributed by atoms with van der Waals surface area (Å²) in [6, 6.07) is 10.8. The molecule has 0 saturated carbocycles. The summed E-state index contributed by atoms with van der Waals surface area (Å²) in [5.41, 5.74) is 1.57. The fourth-order valence-corrected chi connectivity index (χ4v) is 1.80. The molecular weight excluding hydrogens is 247 g/mol. The van der Waals surface area contributed by atoms with Crippen molar-refractivity contribution in [2.24, 2.45) is 0 Å². The van der Waals surface area contributed by atoms with Crippen molar-refractivity contribution >= 4 is 5.97 Å². The van der Waals surface area contributed by atoms with Gasteiger partial charge >= 0.3 is 5.97 Å². The summed E-state index contributed by atoms with van der Waals surface area (Å²) in [6.07, 6.45) is 0. The minimum Gasteiger partial charge on any atom is -0.493 e. The van der Waals surface area contributed by atoms with Crippen LogP contribution in [-0.2, 0) is 0 Å². The van der Waals surface area contributed by atoms with Crippen LogP contribution in [0.2, 0.25) is 0 Å². The Morgan fingerprint density at radius 3 is 2.37 bits per heavy atom. The lowest BCUT2D eigenvalue weighted by Gasteiger charge is -2.09. The Morgan fingerprint density at radius 2 is 1.79 bits per heavy atom. The van der Waals surface area contributed by atoms with Gasteiger partial charge in [-0.05, 0) is 42.3 Å².